The molecule has 0 radical (unpaired) electrons. The lowest BCUT2D eigenvalue weighted by atomic mass is 10.2. The molecule has 0 saturated carbocycles. The standard InChI is InChI=1S/C25H33N5O9/c1-16-13-29(22(35)28-20(16)32)14-19(31)30(11-10-26-24(37)39-25(2,3)4)18(21(33)34)12-27-23(36)38-15-17-8-6-5-7-9-17/h5-9,13,18H,10-12,14-15H2,1-4H3,(H,26,37)(H,27,36)(H,33,34)(H,28,32,35)/t18-/m0/s1. The van der Waals surface area contributed by atoms with Crippen molar-refractivity contribution in [3.63, 3.8) is 0 Å². The lowest BCUT2D eigenvalue weighted by Gasteiger charge is -2.29. The number of carbonyl (C=O) groups is 4. The Labute approximate surface area is 223 Å². The Morgan fingerprint density at radius 3 is 2.36 bits per heavy atom. The maximum atomic E-state index is 13.2. The highest BCUT2D eigenvalue weighted by Gasteiger charge is 2.31. The first kappa shape index (κ1) is 30.6. The van der Waals surface area contributed by atoms with Crippen molar-refractivity contribution < 1.29 is 33.8 Å². The van der Waals surface area contributed by atoms with Crippen LogP contribution in [0.2, 0.25) is 0 Å². The Kier molecular flexibility index (Phi) is 10.8. The first-order chi connectivity index (χ1) is 18.3. The van der Waals surface area contributed by atoms with Crippen molar-refractivity contribution in [1.82, 2.24) is 25.1 Å². The molecule has 0 saturated heterocycles. The monoisotopic (exact) mass is 547 g/mol. The molecule has 14 nitrogen and oxygen atoms in total. The molecular weight excluding hydrogens is 514 g/mol. The van der Waals surface area contributed by atoms with Crippen molar-refractivity contribution >= 4 is 24.1 Å². The number of carbonyl (C=O) groups excluding carboxylic acids is 3. The number of carboxylic acid groups (broad SMARTS) is 1. The molecule has 0 spiro atoms. The maximum absolute atomic E-state index is 13.2. The van der Waals surface area contributed by atoms with Gasteiger partial charge < -0.3 is 30.1 Å². The minimum atomic E-state index is -1.58. The summed E-state index contributed by atoms with van der Waals surface area (Å²) >= 11 is 0. The van der Waals surface area contributed by atoms with E-state index in [1.807, 2.05) is 0 Å². The van der Waals surface area contributed by atoms with E-state index >= 15 is 0 Å². The summed E-state index contributed by atoms with van der Waals surface area (Å²) in [6, 6.07) is 7.23. The molecule has 0 aliphatic carbocycles. The van der Waals surface area contributed by atoms with Gasteiger partial charge in [0, 0.05) is 24.8 Å². The second-order valence-corrected chi connectivity index (χ2v) is 9.51. The van der Waals surface area contributed by atoms with Crippen LogP contribution in [0.3, 0.4) is 0 Å². The summed E-state index contributed by atoms with van der Waals surface area (Å²) < 4.78 is 11.2. The maximum Gasteiger partial charge on any atom is 0.407 e. The van der Waals surface area contributed by atoms with Crippen LogP contribution in [0.4, 0.5) is 9.59 Å². The fourth-order valence-corrected chi connectivity index (χ4v) is 3.30. The van der Waals surface area contributed by atoms with E-state index in [1.165, 1.54) is 13.1 Å². The van der Waals surface area contributed by atoms with E-state index < -0.39 is 60.0 Å². The number of aromatic nitrogens is 2. The van der Waals surface area contributed by atoms with Crippen LogP contribution in [0.5, 0.6) is 0 Å². The number of amides is 3. The van der Waals surface area contributed by atoms with E-state index in [2.05, 4.69) is 15.6 Å². The van der Waals surface area contributed by atoms with Gasteiger partial charge in [0.2, 0.25) is 5.91 Å². The van der Waals surface area contributed by atoms with Crippen LogP contribution >= 0.6 is 0 Å². The number of hydrogen-bond acceptors (Lipinski definition) is 8. The molecule has 1 aromatic carbocycles. The first-order valence-corrected chi connectivity index (χ1v) is 12.0. The molecule has 1 atom stereocenters. The fraction of sp³-hybridized carbons (Fsp3) is 0.440. The van der Waals surface area contributed by atoms with Crippen LogP contribution in [-0.2, 0) is 32.2 Å². The van der Waals surface area contributed by atoms with Crippen molar-refractivity contribution in [2.24, 2.45) is 0 Å². The normalized spacial score (nSPS) is 11.7. The Balaban J connectivity index is 2.16. The third kappa shape index (κ3) is 10.3. The van der Waals surface area contributed by atoms with E-state index in [9.17, 15) is 33.9 Å². The molecule has 3 amide bonds. The number of benzene rings is 1. The minimum Gasteiger partial charge on any atom is -0.480 e. The average molecular weight is 548 g/mol. The second-order valence-electron chi connectivity index (χ2n) is 9.51. The van der Waals surface area contributed by atoms with Gasteiger partial charge in [0.05, 0.1) is 6.54 Å². The van der Waals surface area contributed by atoms with Crippen LogP contribution in [0, 0.1) is 6.92 Å². The largest absolute Gasteiger partial charge is 0.480 e. The molecule has 39 heavy (non-hydrogen) atoms. The molecule has 0 unspecified atom stereocenters. The molecule has 212 valence electrons. The van der Waals surface area contributed by atoms with E-state index in [0.29, 0.717) is 5.56 Å². The van der Waals surface area contributed by atoms with Gasteiger partial charge in [-0.25, -0.2) is 19.2 Å². The number of nitrogens with one attached hydrogen (secondary N) is 3. The molecule has 2 aromatic rings. The van der Waals surface area contributed by atoms with Crippen LogP contribution in [0.25, 0.3) is 0 Å². The van der Waals surface area contributed by atoms with E-state index in [-0.39, 0.29) is 25.3 Å². The molecule has 2 rings (SSSR count). The number of carboxylic acids is 1. The molecular formula is C25H33N5O9. The highest BCUT2D eigenvalue weighted by atomic mass is 16.6. The number of aliphatic carboxylic acids is 1. The predicted octanol–water partition coefficient (Wildman–Crippen LogP) is 0.578. The Morgan fingerprint density at radius 1 is 1.08 bits per heavy atom. The number of aryl methyl sites for hydroxylation is 1. The quantitative estimate of drug-likeness (QED) is 0.312. The molecule has 1 heterocycles. The minimum absolute atomic E-state index is 0.0542. The van der Waals surface area contributed by atoms with E-state index in [0.717, 1.165) is 9.47 Å². The SMILES string of the molecule is Cc1cn(CC(=O)N(CCNC(=O)OC(C)(C)C)[C@@H](CNC(=O)OCc2ccccc2)C(=O)O)c(=O)[nH]c1=O. The zero-order valence-electron chi connectivity index (χ0n) is 22.2. The molecule has 0 fully saturated rings. The van der Waals surface area contributed by atoms with Gasteiger partial charge in [-0.2, -0.15) is 0 Å². The average Bonchev–Trinajstić information content (AvgIpc) is 2.84. The summed E-state index contributed by atoms with van der Waals surface area (Å²) in [5, 5.41) is 14.6. The summed E-state index contributed by atoms with van der Waals surface area (Å²) in [6.07, 6.45) is -0.515. The second kappa shape index (κ2) is 13.8. The van der Waals surface area contributed by atoms with Gasteiger partial charge in [-0.3, -0.25) is 19.1 Å². The van der Waals surface area contributed by atoms with Gasteiger partial charge in [-0.1, -0.05) is 30.3 Å². The fourth-order valence-electron chi connectivity index (χ4n) is 3.30. The van der Waals surface area contributed by atoms with Gasteiger partial charge in [0.25, 0.3) is 5.56 Å². The van der Waals surface area contributed by atoms with E-state index in [4.69, 9.17) is 9.47 Å². The van der Waals surface area contributed by atoms with Gasteiger partial charge >= 0.3 is 23.8 Å². The number of nitrogens with zero attached hydrogens (tertiary/aromatic N) is 2. The molecule has 4 N–H and O–H groups in total. The van der Waals surface area contributed by atoms with Crippen molar-refractivity contribution in [2.45, 2.75) is 52.5 Å². The number of hydrogen-bond donors (Lipinski definition) is 4. The molecule has 1 aromatic heterocycles. The van der Waals surface area contributed by atoms with Crippen molar-refractivity contribution in [1.29, 1.82) is 0 Å². The number of rotatable bonds is 11. The third-order valence-corrected chi connectivity index (χ3v) is 5.15. The van der Waals surface area contributed by atoms with Crippen molar-refractivity contribution in [3.05, 3.63) is 68.5 Å². The Morgan fingerprint density at radius 2 is 1.74 bits per heavy atom. The Bertz CT molecular complexity index is 1280. The summed E-state index contributed by atoms with van der Waals surface area (Å²) in [7, 11) is 0. The lowest BCUT2D eigenvalue weighted by Crippen LogP contribution is -2.54. The van der Waals surface area contributed by atoms with Crippen LogP contribution in [0.15, 0.2) is 46.1 Å². The molecule has 0 bridgehead atoms. The molecule has 0 aliphatic rings. The number of aromatic amines is 1. The predicted molar refractivity (Wildman–Crippen MR) is 138 cm³/mol. The summed E-state index contributed by atoms with van der Waals surface area (Å²) in [5.74, 6) is -2.27. The van der Waals surface area contributed by atoms with Crippen LogP contribution in [0.1, 0.15) is 31.9 Å². The number of H-pyrrole nitrogens is 1. The van der Waals surface area contributed by atoms with Gasteiger partial charge in [-0.05, 0) is 33.3 Å². The highest BCUT2D eigenvalue weighted by Crippen LogP contribution is 2.07. The first-order valence-electron chi connectivity index (χ1n) is 12.0. The Hall–Kier alpha value is -4.62. The van der Waals surface area contributed by atoms with E-state index in [1.54, 1.807) is 51.1 Å². The van der Waals surface area contributed by atoms with Gasteiger partial charge in [0.15, 0.2) is 0 Å². The van der Waals surface area contributed by atoms with Crippen molar-refractivity contribution in [2.75, 3.05) is 19.6 Å². The van der Waals surface area contributed by atoms with Gasteiger partial charge in [0.1, 0.15) is 24.8 Å². The molecule has 0 aliphatic heterocycles. The zero-order chi connectivity index (χ0) is 29.2. The number of alkyl carbamates (subject to hydrolysis) is 2. The summed E-state index contributed by atoms with van der Waals surface area (Å²) in [4.78, 5) is 76.3. The topological polar surface area (TPSA) is 189 Å². The van der Waals surface area contributed by atoms with Crippen LogP contribution < -0.4 is 21.9 Å². The molecule has 14 heteroatoms. The van der Waals surface area contributed by atoms with Crippen molar-refractivity contribution in [3.8, 4) is 0 Å². The number of ether oxygens (including phenoxy) is 2. The summed E-state index contributed by atoms with van der Waals surface area (Å²) in [5.41, 5.74) is -1.38. The summed E-state index contributed by atoms with van der Waals surface area (Å²) in [6.45, 7) is 4.75. The third-order valence-electron chi connectivity index (χ3n) is 5.15. The lowest BCUT2D eigenvalue weighted by molar-refractivity contribution is -0.150. The van der Waals surface area contributed by atoms with Gasteiger partial charge in [-0.15, -0.1) is 0 Å². The highest BCUT2D eigenvalue weighted by molar-refractivity contribution is 5.84. The zero-order valence-corrected chi connectivity index (χ0v) is 22.2. The smallest absolute Gasteiger partial charge is 0.407 e. The van der Waals surface area contributed by atoms with Crippen LogP contribution in [-0.4, -0.2) is 74.9 Å².